The number of halogens is 4. The third-order valence-electron chi connectivity index (χ3n) is 5.31. The summed E-state index contributed by atoms with van der Waals surface area (Å²) in [5.74, 6) is -9.47. The van der Waals surface area contributed by atoms with Gasteiger partial charge in [0.15, 0.2) is 6.29 Å². The molecule has 2 saturated carbocycles. The van der Waals surface area contributed by atoms with Crippen LogP contribution in [0.25, 0.3) is 0 Å². The highest BCUT2D eigenvalue weighted by Crippen LogP contribution is 2.58. The lowest BCUT2D eigenvalue weighted by Gasteiger charge is -2.37. The van der Waals surface area contributed by atoms with Crippen LogP contribution in [0.2, 0.25) is 0 Å². The Kier molecular flexibility index (Phi) is 3.97. The fourth-order valence-electron chi connectivity index (χ4n) is 4.17. The van der Waals surface area contributed by atoms with Crippen LogP contribution in [0.5, 0.6) is 0 Å². The summed E-state index contributed by atoms with van der Waals surface area (Å²) in [5, 5.41) is 0. The molecule has 3 fully saturated rings. The molecule has 0 aromatic carbocycles. The Balaban J connectivity index is 1.58. The van der Waals surface area contributed by atoms with Gasteiger partial charge in [0.2, 0.25) is 0 Å². The van der Waals surface area contributed by atoms with Crippen LogP contribution in [0.1, 0.15) is 45.4 Å². The highest BCUT2D eigenvalue weighted by atomic mass is 19.3. The molecule has 2 bridgehead atoms. The van der Waals surface area contributed by atoms with Crippen LogP contribution in [0.15, 0.2) is 0 Å². The first kappa shape index (κ1) is 15.5. The normalized spacial score (nSPS) is 40.7. The number of rotatable bonds is 4. The molecule has 122 valence electrons. The van der Waals surface area contributed by atoms with Gasteiger partial charge in [-0.15, -0.1) is 0 Å². The van der Waals surface area contributed by atoms with Gasteiger partial charge in [0.1, 0.15) is 0 Å². The maximum Gasteiger partial charge on any atom is 0.312 e. The van der Waals surface area contributed by atoms with Crippen molar-refractivity contribution in [2.75, 3.05) is 6.61 Å². The van der Waals surface area contributed by atoms with Crippen molar-refractivity contribution in [2.45, 2.75) is 69.7 Å². The van der Waals surface area contributed by atoms with Gasteiger partial charge >= 0.3 is 11.8 Å². The first-order valence-corrected chi connectivity index (χ1v) is 7.81. The maximum atomic E-state index is 13.9. The van der Waals surface area contributed by atoms with Gasteiger partial charge in [0.25, 0.3) is 0 Å². The number of fused-ring (bicyclic) bond motifs is 2. The Labute approximate surface area is 122 Å². The van der Waals surface area contributed by atoms with E-state index in [4.69, 9.17) is 9.47 Å². The molecular formula is C15H22F4O2. The van der Waals surface area contributed by atoms with Crippen LogP contribution in [-0.4, -0.2) is 30.8 Å². The predicted octanol–water partition coefficient (Wildman–Crippen LogP) is 4.23. The highest BCUT2D eigenvalue weighted by Gasteiger charge is 2.64. The lowest BCUT2D eigenvalue weighted by Crippen LogP contribution is -2.47. The van der Waals surface area contributed by atoms with E-state index < -0.39 is 17.8 Å². The average molecular weight is 310 g/mol. The Morgan fingerprint density at radius 3 is 2.29 bits per heavy atom. The average Bonchev–Trinajstić information content (AvgIpc) is 2.98. The highest BCUT2D eigenvalue weighted by molar-refractivity contribution is 5.03. The molecule has 0 radical (unpaired) electrons. The third-order valence-corrected chi connectivity index (χ3v) is 5.31. The SMILES string of the molecule is CC(F)(F)C(F)(F)C1CC2CC1CC2OC1CCCCO1. The standard InChI is InChI=1S/C15H22F4O2/c1-14(16,17)15(18,19)11-7-10-6-9(11)8-12(10)21-13-4-2-3-5-20-13/h9-13H,2-8H2,1H3. The van der Waals surface area contributed by atoms with Gasteiger partial charge in [-0.25, -0.2) is 8.78 Å². The summed E-state index contributed by atoms with van der Waals surface area (Å²) in [6.45, 7) is 0.997. The van der Waals surface area contributed by atoms with Crippen molar-refractivity contribution in [3.8, 4) is 0 Å². The van der Waals surface area contributed by atoms with Gasteiger partial charge in [-0.05, 0) is 50.4 Å². The Morgan fingerprint density at radius 1 is 1.00 bits per heavy atom. The summed E-state index contributed by atoms with van der Waals surface area (Å²) in [6.07, 6.45) is 3.74. The zero-order chi connectivity index (χ0) is 15.3. The Hall–Kier alpha value is -0.360. The van der Waals surface area contributed by atoms with Crippen LogP contribution in [0.4, 0.5) is 17.6 Å². The minimum absolute atomic E-state index is 0.0289. The third kappa shape index (κ3) is 2.81. The van der Waals surface area contributed by atoms with E-state index in [9.17, 15) is 17.6 Å². The predicted molar refractivity (Wildman–Crippen MR) is 68.4 cm³/mol. The summed E-state index contributed by atoms with van der Waals surface area (Å²) < 4.78 is 65.4. The van der Waals surface area contributed by atoms with E-state index in [1.807, 2.05) is 0 Å². The Morgan fingerprint density at radius 2 is 1.76 bits per heavy atom. The van der Waals surface area contributed by atoms with Crippen LogP contribution in [-0.2, 0) is 9.47 Å². The quantitative estimate of drug-likeness (QED) is 0.723. The van der Waals surface area contributed by atoms with Crippen molar-refractivity contribution in [3.63, 3.8) is 0 Å². The van der Waals surface area contributed by atoms with Crippen LogP contribution in [0, 0.1) is 17.8 Å². The molecule has 0 spiro atoms. The van der Waals surface area contributed by atoms with Gasteiger partial charge in [0, 0.05) is 19.4 Å². The monoisotopic (exact) mass is 310 g/mol. The topological polar surface area (TPSA) is 18.5 Å². The second kappa shape index (κ2) is 5.37. The van der Waals surface area contributed by atoms with E-state index in [2.05, 4.69) is 0 Å². The second-order valence-corrected chi connectivity index (χ2v) is 6.82. The zero-order valence-corrected chi connectivity index (χ0v) is 12.2. The zero-order valence-electron chi connectivity index (χ0n) is 12.2. The minimum Gasteiger partial charge on any atom is -0.353 e. The van der Waals surface area contributed by atoms with E-state index in [1.165, 1.54) is 0 Å². The van der Waals surface area contributed by atoms with Gasteiger partial charge in [-0.3, -0.25) is 0 Å². The van der Waals surface area contributed by atoms with E-state index >= 15 is 0 Å². The largest absolute Gasteiger partial charge is 0.353 e. The van der Waals surface area contributed by atoms with Crippen molar-refractivity contribution in [1.82, 2.24) is 0 Å². The summed E-state index contributed by atoms with van der Waals surface area (Å²) in [5.41, 5.74) is 0. The fourth-order valence-corrected chi connectivity index (χ4v) is 4.17. The molecule has 2 nitrogen and oxygen atoms in total. The van der Waals surface area contributed by atoms with Crippen molar-refractivity contribution < 1.29 is 27.0 Å². The molecule has 1 saturated heterocycles. The van der Waals surface area contributed by atoms with Crippen molar-refractivity contribution >= 4 is 0 Å². The molecule has 3 rings (SSSR count). The fraction of sp³-hybridized carbons (Fsp3) is 1.00. The molecule has 5 unspecified atom stereocenters. The summed E-state index contributed by atoms with van der Waals surface area (Å²) >= 11 is 0. The molecule has 5 atom stereocenters. The minimum atomic E-state index is -3.95. The van der Waals surface area contributed by atoms with Gasteiger partial charge in [0.05, 0.1) is 6.10 Å². The van der Waals surface area contributed by atoms with Gasteiger partial charge < -0.3 is 9.47 Å². The molecule has 2 aliphatic carbocycles. The summed E-state index contributed by atoms with van der Waals surface area (Å²) in [4.78, 5) is 0. The molecule has 21 heavy (non-hydrogen) atoms. The summed E-state index contributed by atoms with van der Waals surface area (Å²) in [6, 6.07) is 0. The second-order valence-electron chi connectivity index (χ2n) is 6.82. The molecule has 0 aromatic heterocycles. The lowest BCUT2D eigenvalue weighted by atomic mass is 9.81. The van der Waals surface area contributed by atoms with E-state index in [0.29, 0.717) is 26.4 Å². The van der Waals surface area contributed by atoms with E-state index in [1.54, 1.807) is 0 Å². The molecule has 1 heterocycles. The van der Waals surface area contributed by atoms with Crippen molar-refractivity contribution in [1.29, 1.82) is 0 Å². The molecule has 3 aliphatic rings. The van der Waals surface area contributed by atoms with Gasteiger partial charge in [-0.1, -0.05) is 0 Å². The summed E-state index contributed by atoms with van der Waals surface area (Å²) in [7, 11) is 0. The van der Waals surface area contributed by atoms with Crippen LogP contribution >= 0.6 is 0 Å². The van der Waals surface area contributed by atoms with Crippen molar-refractivity contribution in [2.24, 2.45) is 17.8 Å². The number of ether oxygens (including phenoxy) is 2. The molecule has 0 aromatic rings. The van der Waals surface area contributed by atoms with Crippen LogP contribution < -0.4 is 0 Å². The van der Waals surface area contributed by atoms with Crippen LogP contribution in [0.3, 0.4) is 0 Å². The first-order chi connectivity index (χ1) is 9.79. The van der Waals surface area contributed by atoms with E-state index in [-0.39, 0.29) is 30.7 Å². The number of hydrogen-bond acceptors (Lipinski definition) is 2. The first-order valence-electron chi connectivity index (χ1n) is 7.81. The van der Waals surface area contributed by atoms with Crippen molar-refractivity contribution in [3.05, 3.63) is 0 Å². The lowest BCUT2D eigenvalue weighted by molar-refractivity contribution is -0.243. The molecule has 1 aliphatic heterocycles. The maximum absolute atomic E-state index is 13.9. The van der Waals surface area contributed by atoms with E-state index in [0.717, 1.165) is 19.3 Å². The smallest absolute Gasteiger partial charge is 0.312 e. The molecular weight excluding hydrogens is 288 g/mol. The molecule has 0 N–H and O–H groups in total. The van der Waals surface area contributed by atoms with Gasteiger partial charge in [-0.2, -0.15) is 8.78 Å². The number of hydrogen-bond donors (Lipinski definition) is 0. The Bertz CT molecular complexity index is 376. The number of alkyl halides is 4. The molecule has 0 amide bonds. The molecule has 6 heteroatoms.